The van der Waals surface area contributed by atoms with Gasteiger partial charge in [0.25, 0.3) is 0 Å². The van der Waals surface area contributed by atoms with Crippen LogP contribution in [0.3, 0.4) is 0 Å². The molecule has 1 rings (SSSR count). The van der Waals surface area contributed by atoms with Gasteiger partial charge in [0.2, 0.25) is 0 Å². The van der Waals surface area contributed by atoms with Crippen LogP contribution in [0.15, 0.2) is 18.8 Å². The molecule has 0 aliphatic carbocycles. The lowest BCUT2D eigenvalue weighted by Crippen LogP contribution is -2.06. The van der Waals surface area contributed by atoms with Crippen molar-refractivity contribution in [3.05, 3.63) is 30.1 Å². The van der Waals surface area contributed by atoms with Gasteiger partial charge >= 0.3 is 0 Å². The molecule has 3 nitrogen and oxygen atoms in total. The molecular weight excluding hydrogens is 150 g/mol. The van der Waals surface area contributed by atoms with Crippen LogP contribution in [-0.4, -0.2) is 12.0 Å². The lowest BCUT2D eigenvalue weighted by atomic mass is 10.2. The summed E-state index contributed by atoms with van der Waals surface area (Å²) in [5.74, 6) is 0. The van der Waals surface area contributed by atoms with Gasteiger partial charge in [-0.2, -0.15) is 0 Å². The van der Waals surface area contributed by atoms with Crippen molar-refractivity contribution in [2.45, 2.75) is 6.54 Å². The van der Waals surface area contributed by atoms with Crippen LogP contribution in [0.4, 0.5) is 5.69 Å². The van der Waals surface area contributed by atoms with E-state index in [0.717, 1.165) is 17.8 Å². The molecule has 1 aromatic rings. The van der Waals surface area contributed by atoms with Crippen molar-refractivity contribution in [3.8, 4) is 0 Å². The lowest BCUT2D eigenvalue weighted by molar-refractivity contribution is 0.813. The summed E-state index contributed by atoms with van der Waals surface area (Å²) >= 11 is 0. The van der Waals surface area contributed by atoms with Gasteiger partial charge in [0.05, 0.1) is 11.4 Å². The Morgan fingerprint density at radius 1 is 1.75 bits per heavy atom. The fourth-order valence-electron chi connectivity index (χ4n) is 1.01. The van der Waals surface area contributed by atoms with Crippen LogP contribution < -0.4 is 11.1 Å². The molecule has 0 saturated carbocycles. The summed E-state index contributed by atoms with van der Waals surface area (Å²) in [7, 11) is 1.89. The number of anilines is 1. The predicted octanol–water partition coefficient (Wildman–Crippen LogP) is 1.03. The van der Waals surface area contributed by atoms with Crippen molar-refractivity contribution in [2.24, 2.45) is 0 Å². The SMILES string of the molecule is C=Cc1ncc(CNC)cc1N. The first-order chi connectivity index (χ1) is 5.77. The summed E-state index contributed by atoms with van der Waals surface area (Å²) in [6, 6.07) is 1.90. The number of hydrogen-bond acceptors (Lipinski definition) is 3. The third-order valence-electron chi connectivity index (χ3n) is 1.58. The van der Waals surface area contributed by atoms with Gasteiger partial charge in [-0.05, 0) is 24.8 Å². The molecule has 0 atom stereocenters. The van der Waals surface area contributed by atoms with E-state index in [1.54, 1.807) is 12.3 Å². The van der Waals surface area contributed by atoms with E-state index in [1.807, 2.05) is 13.1 Å². The van der Waals surface area contributed by atoms with Crippen LogP contribution in [-0.2, 0) is 6.54 Å². The minimum absolute atomic E-state index is 0.678. The molecule has 3 heteroatoms. The highest BCUT2D eigenvalue weighted by Crippen LogP contribution is 2.11. The van der Waals surface area contributed by atoms with Gasteiger partial charge in [0.1, 0.15) is 0 Å². The Labute approximate surface area is 72.3 Å². The molecule has 0 bridgehead atoms. The maximum Gasteiger partial charge on any atom is 0.0853 e. The van der Waals surface area contributed by atoms with Gasteiger partial charge in [-0.1, -0.05) is 6.58 Å². The summed E-state index contributed by atoms with van der Waals surface area (Å²) in [4.78, 5) is 4.13. The predicted molar refractivity (Wildman–Crippen MR) is 51.5 cm³/mol. The zero-order valence-corrected chi connectivity index (χ0v) is 7.17. The van der Waals surface area contributed by atoms with Gasteiger partial charge in [-0.25, -0.2) is 0 Å². The topological polar surface area (TPSA) is 50.9 Å². The summed E-state index contributed by atoms with van der Waals surface area (Å²) in [6.07, 6.45) is 3.45. The Morgan fingerprint density at radius 3 is 3.00 bits per heavy atom. The Kier molecular flexibility index (Phi) is 2.82. The number of nitrogens with one attached hydrogen (secondary N) is 1. The molecule has 0 aromatic carbocycles. The van der Waals surface area contributed by atoms with E-state index in [0.29, 0.717) is 5.69 Å². The summed E-state index contributed by atoms with van der Waals surface area (Å²) < 4.78 is 0. The standard InChI is InChI=1S/C9H13N3/c1-3-9-8(10)4-7(5-11-2)6-12-9/h3-4,6,11H,1,5,10H2,2H3. The van der Waals surface area contributed by atoms with Crippen LogP contribution in [0.1, 0.15) is 11.3 Å². The number of hydrogen-bond donors (Lipinski definition) is 2. The van der Waals surface area contributed by atoms with Crippen LogP contribution in [0.5, 0.6) is 0 Å². The number of rotatable bonds is 3. The largest absolute Gasteiger partial charge is 0.397 e. The van der Waals surface area contributed by atoms with Gasteiger partial charge in [-0.3, -0.25) is 4.98 Å². The minimum atomic E-state index is 0.678. The first-order valence-corrected chi connectivity index (χ1v) is 3.79. The van der Waals surface area contributed by atoms with E-state index in [9.17, 15) is 0 Å². The third kappa shape index (κ3) is 1.83. The summed E-state index contributed by atoms with van der Waals surface area (Å²) in [6.45, 7) is 4.40. The fraction of sp³-hybridized carbons (Fsp3) is 0.222. The average Bonchev–Trinajstić information content (AvgIpc) is 2.05. The van der Waals surface area contributed by atoms with Crippen molar-refractivity contribution in [1.82, 2.24) is 10.3 Å². The van der Waals surface area contributed by atoms with Gasteiger partial charge in [0.15, 0.2) is 0 Å². The quantitative estimate of drug-likeness (QED) is 0.699. The molecule has 12 heavy (non-hydrogen) atoms. The Hall–Kier alpha value is -1.35. The van der Waals surface area contributed by atoms with Crippen LogP contribution in [0.25, 0.3) is 6.08 Å². The molecule has 1 heterocycles. The van der Waals surface area contributed by atoms with E-state index in [4.69, 9.17) is 5.73 Å². The molecule has 1 aromatic heterocycles. The highest BCUT2D eigenvalue weighted by molar-refractivity contribution is 5.59. The second-order valence-electron chi connectivity index (χ2n) is 2.55. The Bertz CT molecular complexity index is 281. The molecule has 0 spiro atoms. The molecule has 0 fully saturated rings. The third-order valence-corrected chi connectivity index (χ3v) is 1.58. The maximum absolute atomic E-state index is 5.70. The fourth-order valence-corrected chi connectivity index (χ4v) is 1.01. The minimum Gasteiger partial charge on any atom is -0.397 e. The number of pyridine rings is 1. The monoisotopic (exact) mass is 163 g/mol. The second-order valence-corrected chi connectivity index (χ2v) is 2.55. The number of nitrogens with two attached hydrogens (primary N) is 1. The molecule has 0 aliphatic rings. The molecular formula is C9H13N3. The smallest absolute Gasteiger partial charge is 0.0853 e. The van der Waals surface area contributed by atoms with Crippen molar-refractivity contribution >= 4 is 11.8 Å². The van der Waals surface area contributed by atoms with Gasteiger partial charge in [-0.15, -0.1) is 0 Å². The van der Waals surface area contributed by atoms with E-state index >= 15 is 0 Å². The van der Waals surface area contributed by atoms with Crippen LogP contribution >= 0.6 is 0 Å². The summed E-state index contributed by atoms with van der Waals surface area (Å²) in [5, 5.41) is 3.03. The zero-order valence-electron chi connectivity index (χ0n) is 7.17. The lowest BCUT2D eigenvalue weighted by Gasteiger charge is -2.03. The van der Waals surface area contributed by atoms with E-state index < -0.39 is 0 Å². The highest BCUT2D eigenvalue weighted by Gasteiger charge is 1.97. The van der Waals surface area contributed by atoms with Gasteiger partial charge < -0.3 is 11.1 Å². The van der Waals surface area contributed by atoms with Crippen molar-refractivity contribution in [3.63, 3.8) is 0 Å². The Morgan fingerprint density at radius 2 is 2.50 bits per heavy atom. The summed E-state index contributed by atoms with van der Waals surface area (Å²) in [5.41, 5.74) is 8.21. The van der Waals surface area contributed by atoms with Crippen molar-refractivity contribution in [1.29, 1.82) is 0 Å². The molecule has 0 saturated heterocycles. The Balaban J connectivity index is 2.93. The van der Waals surface area contributed by atoms with E-state index in [-0.39, 0.29) is 0 Å². The second kappa shape index (κ2) is 3.88. The van der Waals surface area contributed by atoms with Crippen LogP contribution in [0.2, 0.25) is 0 Å². The molecule has 0 amide bonds. The molecule has 0 radical (unpaired) electrons. The van der Waals surface area contributed by atoms with Gasteiger partial charge in [0, 0.05) is 12.7 Å². The maximum atomic E-state index is 5.70. The highest BCUT2D eigenvalue weighted by atomic mass is 14.8. The number of nitrogen functional groups attached to an aromatic ring is 1. The molecule has 0 aliphatic heterocycles. The number of aromatic nitrogens is 1. The van der Waals surface area contributed by atoms with E-state index in [1.165, 1.54) is 0 Å². The van der Waals surface area contributed by atoms with E-state index in [2.05, 4.69) is 16.9 Å². The molecule has 0 unspecified atom stereocenters. The van der Waals surface area contributed by atoms with Crippen LogP contribution in [0, 0.1) is 0 Å². The first-order valence-electron chi connectivity index (χ1n) is 3.79. The normalized spacial score (nSPS) is 9.75. The van der Waals surface area contributed by atoms with Crippen molar-refractivity contribution < 1.29 is 0 Å². The van der Waals surface area contributed by atoms with Crippen molar-refractivity contribution in [2.75, 3.05) is 12.8 Å². The zero-order chi connectivity index (χ0) is 8.97. The molecule has 64 valence electrons. The molecule has 3 N–H and O–H groups in total. The average molecular weight is 163 g/mol. The first kappa shape index (κ1) is 8.74. The number of nitrogens with zero attached hydrogens (tertiary/aromatic N) is 1.